The van der Waals surface area contributed by atoms with Gasteiger partial charge in [0.1, 0.15) is 4.90 Å². The average molecular weight is 410 g/mol. The number of fused-ring (bicyclic) bond motifs is 1. The largest absolute Gasteiger partial charge is 0.377 e. The quantitative estimate of drug-likeness (QED) is 0.548. The Labute approximate surface area is 165 Å². The van der Waals surface area contributed by atoms with E-state index in [0.717, 1.165) is 25.9 Å². The molecule has 154 valence electrons. The number of nitrogens with zero attached hydrogens (tertiary/aromatic N) is 3. The maximum Gasteiger partial charge on any atom is 0.270 e. The van der Waals surface area contributed by atoms with Crippen LogP contribution >= 0.6 is 0 Å². The lowest BCUT2D eigenvalue weighted by atomic mass is 9.56. The fourth-order valence-corrected chi connectivity index (χ4v) is 7.18. The summed E-state index contributed by atoms with van der Waals surface area (Å²) in [5, 5.41) is 11.3. The van der Waals surface area contributed by atoms with Crippen LogP contribution in [0.1, 0.15) is 33.1 Å². The van der Waals surface area contributed by atoms with Crippen LogP contribution in [-0.2, 0) is 14.8 Å². The summed E-state index contributed by atoms with van der Waals surface area (Å²) in [6.07, 6.45) is 2.76. The van der Waals surface area contributed by atoms with Gasteiger partial charge in [-0.3, -0.25) is 10.1 Å². The minimum atomic E-state index is -3.79. The summed E-state index contributed by atoms with van der Waals surface area (Å²) in [5.74, 6) is 0.345. The van der Waals surface area contributed by atoms with Crippen LogP contribution in [0.4, 0.5) is 11.4 Å². The highest BCUT2D eigenvalue weighted by Crippen LogP contribution is 2.55. The summed E-state index contributed by atoms with van der Waals surface area (Å²) < 4.78 is 33.9. The van der Waals surface area contributed by atoms with E-state index in [9.17, 15) is 18.5 Å². The Morgan fingerprint density at radius 1 is 1.29 bits per heavy atom. The van der Waals surface area contributed by atoms with Gasteiger partial charge in [0.05, 0.1) is 16.7 Å². The Kier molecular flexibility index (Phi) is 4.67. The zero-order chi connectivity index (χ0) is 20.3. The van der Waals surface area contributed by atoms with Crippen molar-refractivity contribution in [2.24, 2.45) is 11.3 Å². The number of nitro groups is 1. The van der Waals surface area contributed by atoms with E-state index in [1.54, 1.807) is 6.07 Å². The summed E-state index contributed by atoms with van der Waals surface area (Å²) in [7, 11) is -1.90. The van der Waals surface area contributed by atoms with Gasteiger partial charge in [0, 0.05) is 56.3 Å². The summed E-state index contributed by atoms with van der Waals surface area (Å²) in [6, 6.07) is 4.31. The second-order valence-corrected chi connectivity index (χ2v) is 10.5. The first-order valence-corrected chi connectivity index (χ1v) is 11.2. The third kappa shape index (κ3) is 2.83. The highest BCUT2D eigenvalue weighted by atomic mass is 32.2. The van der Waals surface area contributed by atoms with Crippen LogP contribution < -0.4 is 4.90 Å². The molecule has 3 aliphatic rings. The van der Waals surface area contributed by atoms with Gasteiger partial charge in [0.2, 0.25) is 10.0 Å². The molecule has 9 heteroatoms. The van der Waals surface area contributed by atoms with E-state index in [1.807, 2.05) is 11.9 Å². The summed E-state index contributed by atoms with van der Waals surface area (Å²) in [5.41, 5.74) is 0.206. The van der Waals surface area contributed by atoms with Crippen LogP contribution in [0.3, 0.4) is 0 Å². The molecular formula is C19H27N3O5S. The van der Waals surface area contributed by atoms with E-state index in [1.165, 1.54) is 16.4 Å². The Hall–Kier alpha value is -1.71. The molecule has 1 saturated carbocycles. The number of rotatable bonds is 5. The lowest BCUT2D eigenvalue weighted by Crippen LogP contribution is -2.66. The van der Waals surface area contributed by atoms with Crippen LogP contribution in [0.2, 0.25) is 0 Å². The van der Waals surface area contributed by atoms with Crippen molar-refractivity contribution in [3.63, 3.8) is 0 Å². The Bertz CT molecular complexity index is 895. The number of hydrogen-bond acceptors (Lipinski definition) is 6. The second-order valence-electron chi connectivity index (χ2n) is 8.64. The molecule has 0 aromatic heterocycles. The fourth-order valence-electron chi connectivity index (χ4n) is 5.42. The van der Waals surface area contributed by atoms with Gasteiger partial charge in [0.15, 0.2) is 0 Å². The van der Waals surface area contributed by atoms with E-state index in [-0.39, 0.29) is 28.1 Å². The van der Waals surface area contributed by atoms with Gasteiger partial charge < -0.3 is 9.64 Å². The monoisotopic (exact) mass is 409 g/mol. The van der Waals surface area contributed by atoms with Crippen LogP contribution in [0.25, 0.3) is 0 Å². The topological polar surface area (TPSA) is 93.0 Å². The molecule has 1 aliphatic carbocycles. The predicted octanol–water partition coefficient (Wildman–Crippen LogP) is 2.63. The number of sulfonamides is 1. The minimum Gasteiger partial charge on any atom is -0.377 e. The van der Waals surface area contributed by atoms with E-state index in [2.05, 4.69) is 13.8 Å². The van der Waals surface area contributed by atoms with E-state index in [0.29, 0.717) is 24.7 Å². The van der Waals surface area contributed by atoms with Crippen molar-refractivity contribution in [2.45, 2.75) is 50.2 Å². The SMILES string of the molecule is CN(c1ccc([N+](=O)[O-])cc1S(=O)(=O)N1CCCC1)C1C2CCOC2C1(C)C. The number of benzene rings is 1. The van der Waals surface area contributed by atoms with Crippen molar-refractivity contribution in [3.8, 4) is 0 Å². The van der Waals surface area contributed by atoms with Crippen molar-refractivity contribution in [2.75, 3.05) is 31.6 Å². The summed E-state index contributed by atoms with van der Waals surface area (Å²) in [4.78, 5) is 12.8. The van der Waals surface area contributed by atoms with Crippen LogP contribution in [0.5, 0.6) is 0 Å². The van der Waals surface area contributed by atoms with Crippen molar-refractivity contribution in [1.82, 2.24) is 4.31 Å². The normalized spacial score (nSPS) is 29.3. The zero-order valence-corrected chi connectivity index (χ0v) is 17.3. The molecule has 2 aliphatic heterocycles. The van der Waals surface area contributed by atoms with Crippen molar-refractivity contribution in [1.29, 1.82) is 0 Å². The van der Waals surface area contributed by atoms with E-state index < -0.39 is 14.9 Å². The van der Waals surface area contributed by atoms with Crippen molar-refractivity contribution >= 4 is 21.4 Å². The fraction of sp³-hybridized carbons (Fsp3) is 0.684. The molecule has 0 amide bonds. The summed E-state index contributed by atoms with van der Waals surface area (Å²) in [6.45, 7) is 5.92. The third-order valence-electron chi connectivity index (χ3n) is 6.67. The number of ether oxygens (including phenoxy) is 1. The number of non-ortho nitro benzene ring substituents is 1. The van der Waals surface area contributed by atoms with Gasteiger partial charge in [-0.2, -0.15) is 4.31 Å². The molecule has 8 nitrogen and oxygen atoms in total. The molecule has 0 bridgehead atoms. The van der Waals surface area contributed by atoms with E-state index in [4.69, 9.17) is 4.74 Å². The van der Waals surface area contributed by atoms with Crippen molar-refractivity contribution < 1.29 is 18.1 Å². The maximum absolute atomic E-state index is 13.3. The molecule has 1 aromatic rings. The van der Waals surface area contributed by atoms with Gasteiger partial charge in [-0.1, -0.05) is 13.8 Å². The summed E-state index contributed by atoms with van der Waals surface area (Å²) >= 11 is 0. The lowest BCUT2D eigenvalue weighted by Gasteiger charge is -2.58. The Balaban J connectivity index is 1.77. The van der Waals surface area contributed by atoms with Crippen LogP contribution in [0, 0.1) is 21.4 Å². The minimum absolute atomic E-state index is 0.0317. The molecule has 0 spiro atoms. The first kappa shape index (κ1) is 19.6. The first-order chi connectivity index (χ1) is 13.2. The van der Waals surface area contributed by atoms with Gasteiger partial charge >= 0.3 is 0 Å². The van der Waals surface area contributed by atoms with Gasteiger partial charge in [-0.25, -0.2) is 8.42 Å². The van der Waals surface area contributed by atoms with Gasteiger partial charge in [-0.15, -0.1) is 0 Å². The zero-order valence-electron chi connectivity index (χ0n) is 16.5. The second kappa shape index (κ2) is 6.67. The van der Waals surface area contributed by atoms with Crippen molar-refractivity contribution in [3.05, 3.63) is 28.3 Å². The molecule has 2 heterocycles. The molecule has 4 rings (SSSR count). The number of anilines is 1. The third-order valence-corrected chi connectivity index (χ3v) is 8.60. The van der Waals surface area contributed by atoms with Gasteiger partial charge in [0.25, 0.3) is 5.69 Å². The first-order valence-electron chi connectivity index (χ1n) is 9.78. The van der Waals surface area contributed by atoms with Gasteiger partial charge in [-0.05, 0) is 25.3 Å². The molecule has 3 unspecified atom stereocenters. The average Bonchev–Trinajstić information content (AvgIpc) is 3.32. The molecule has 3 atom stereocenters. The molecule has 28 heavy (non-hydrogen) atoms. The number of hydrogen-bond donors (Lipinski definition) is 0. The molecule has 3 fully saturated rings. The maximum atomic E-state index is 13.3. The van der Waals surface area contributed by atoms with Crippen LogP contribution in [-0.4, -0.2) is 56.5 Å². The molecule has 0 N–H and O–H groups in total. The lowest BCUT2D eigenvalue weighted by molar-refractivity contribution is -0.385. The molecule has 2 saturated heterocycles. The Morgan fingerprint density at radius 2 is 1.96 bits per heavy atom. The molecule has 0 radical (unpaired) electrons. The molecular weight excluding hydrogens is 382 g/mol. The standard InChI is InChI=1S/C19H27N3O5S/c1-19(2)17(14-8-11-27-18(14)19)20(3)15-7-6-13(22(23)24)12-16(15)28(25,26)21-9-4-5-10-21/h6-7,12,14,17-18H,4-5,8-11H2,1-3H3. The smallest absolute Gasteiger partial charge is 0.270 e. The van der Waals surface area contributed by atoms with Crippen LogP contribution in [0.15, 0.2) is 23.1 Å². The highest BCUT2D eigenvalue weighted by molar-refractivity contribution is 7.89. The predicted molar refractivity (Wildman–Crippen MR) is 105 cm³/mol. The Morgan fingerprint density at radius 3 is 2.61 bits per heavy atom. The van der Waals surface area contributed by atoms with E-state index >= 15 is 0 Å². The molecule has 1 aromatic carbocycles. The number of nitro benzene ring substituents is 1. The highest BCUT2D eigenvalue weighted by Gasteiger charge is 2.61.